The molecule has 0 amide bonds. The van der Waals surface area contributed by atoms with Crippen LogP contribution in [-0.2, 0) is 13.5 Å². The Morgan fingerprint density at radius 2 is 2.22 bits per heavy atom. The number of hydrogen-bond acceptors (Lipinski definition) is 5. The van der Waals surface area contributed by atoms with E-state index >= 15 is 0 Å². The van der Waals surface area contributed by atoms with Gasteiger partial charge in [0.1, 0.15) is 0 Å². The van der Waals surface area contributed by atoms with Gasteiger partial charge in [-0.25, -0.2) is 8.78 Å². The zero-order valence-corrected chi connectivity index (χ0v) is 9.64. The summed E-state index contributed by atoms with van der Waals surface area (Å²) < 4.78 is 26.7. The highest BCUT2D eigenvalue weighted by Crippen LogP contribution is 2.21. The first-order valence-corrected chi connectivity index (χ1v) is 5.24. The molecule has 0 aliphatic carbocycles. The van der Waals surface area contributed by atoms with E-state index in [0.717, 1.165) is 6.07 Å². The van der Waals surface area contributed by atoms with Gasteiger partial charge in [0, 0.05) is 12.0 Å². The van der Waals surface area contributed by atoms with Gasteiger partial charge in [-0.3, -0.25) is 11.3 Å². The number of nitrogens with two attached hydrogens (primary N) is 1. The monoisotopic (exact) mass is 254 g/mol. The SMILES string of the molecule is Cn1nnc(CC(NN)c2cccc(F)c2F)n1. The predicted molar refractivity (Wildman–Crippen MR) is 58.9 cm³/mol. The maximum Gasteiger partial charge on any atom is 0.176 e. The first-order valence-electron chi connectivity index (χ1n) is 5.24. The second-order valence-electron chi connectivity index (χ2n) is 3.76. The van der Waals surface area contributed by atoms with E-state index < -0.39 is 17.7 Å². The van der Waals surface area contributed by atoms with Gasteiger partial charge in [0.15, 0.2) is 17.5 Å². The van der Waals surface area contributed by atoms with Crippen molar-refractivity contribution in [3.05, 3.63) is 41.2 Å². The largest absolute Gasteiger partial charge is 0.271 e. The molecule has 0 saturated heterocycles. The lowest BCUT2D eigenvalue weighted by molar-refractivity contribution is 0.460. The molecule has 0 radical (unpaired) electrons. The quantitative estimate of drug-likeness (QED) is 0.603. The molecule has 8 heteroatoms. The Morgan fingerprint density at radius 3 is 2.83 bits per heavy atom. The fourth-order valence-electron chi connectivity index (χ4n) is 1.64. The Bertz CT molecular complexity index is 541. The maximum atomic E-state index is 13.6. The van der Waals surface area contributed by atoms with Gasteiger partial charge in [0.2, 0.25) is 0 Å². The van der Waals surface area contributed by atoms with Crippen molar-refractivity contribution >= 4 is 0 Å². The van der Waals surface area contributed by atoms with E-state index in [1.165, 1.54) is 16.9 Å². The fraction of sp³-hybridized carbons (Fsp3) is 0.300. The van der Waals surface area contributed by atoms with Crippen molar-refractivity contribution in [2.75, 3.05) is 0 Å². The Kier molecular flexibility index (Phi) is 3.58. The summed E-state index contributed by atoms with van der Waals surface area (Å²) >= 11 is 0. The van der Waals surface area contributed by atoms with Crippen LogP contribution in [0.2, 0.25) is 0 Å². The highest BCUT2D eigenvalue weighted by molar-refractivity contribution is 5.23. The topological polar surface area (TPSA) is 81.7 Å². The molecule has 0 bridgehead atoms. The first kappa shape index (κ1) is 12.5. The number of hydrazine groups is 1. The zero-order valence-electron chi connectivity index (χ0n) is 9.64. The highest BCUT2D eigenvalue weighted by Gasteiger charge is 2.19. The molecule has 1 aromatic heterocycles. The van der Waals surface area contributed by atoms with E-state index in [1.807, 2.05) is 0 Å². The van der Waals surface area contributed by atoms with E-state index in [9.17, 15) is 8.78 Å². The number of nitrogens with zero attached hydrogens (tertiary/aromatic N) is 4. The van der Waals surface area contributed by atoms with Crippen molar-refractivity contribution in [2.45, 2.75) is 12.5 Å². The average Bonchev–Trinajstić information content (AvgIpc) is 2.76. The third kappa shape index (κ3) is 2.49. The van der Waals surface area contributed by atoms with Crippen LogP contribution in [0.4, 0.5) is 8.78 Å². The normalized spacial score (nSPS) is 12.7. The lowest BCUT2D eigenvalue weighted by atomic mass is 10.0. The summed E-state index contributed by atoms with van der Waals surface area (Å²) in [6, 6.07) is 3.30. The lowest BCUT2D eigenvalue weighted by Gasteiger charge is -2.15. The van der Waals surface area contributed by atoms with Gasteiger partial charge in [-0.15, -0.1) is 10.2 Å². The number of nitrogens with one attached hydrogen (secondary N) is 1. The van der Waals surface area contributed by atoms with Gasteiger partial charge in [0.25, 0.3) is 0 Å². The molecule has 18 heavy (non-hydrogen) atoms. The minimum atomic E-state index is -0.927. The lowest BCUT2D eigenvalue weighted by Crippen LogP contribution is -2.30. The molecule has 96 valence electrons. The summed E-state index contributed by atoms with van der Waals surface area (Å²) in [5.74, 6) is 3.91. The summed E-state index contributed by atoms with van der Waals surface area (Å²) in [4.78, 5) is 1.28. The summed E-state index contributed by atoms with van der Waals surface area (Å²) in [5, 5.41) is 11.4. The summed E-state index contributed by atoms with van der Waals surface area (Å²) in [6.07, 6.45) is 0.213. The third-order valence-corrected chi connectivity index (χ3v) is 2.49. The van der Waals surface area contributed by atoms with Crippen molar-refractivity contribution in [2.24, 2.45) is 12.9 Å². The zero-order chi connectivity index (χ0) is 13.1. The summed E-state index contributed by atoms with van der Waals surface area (Å²) in [5.41, 5.74) is 2.55. The third-order valence-electron chi connectivity index (χ3n) is 2.49. The van der Waals surface area contributed by atoms with Crippen LogP contribution in [0.1, 0.15) is 17.4 Å². The Morgan fingerprint density at radius 1 is 1.44 bits per heavy atom. The number of hydrogen-bond donors (Lipinski definition) is 2. The number of tetrazole rings is 1. The number of aryl methyl sites for hydroxylation is 1. The molecule has 0 aliphatic rings. The van der Waals surface area contributed by atoms with Crippen molar-refractivity contribution in [1.82, 2.24) is 25.6 Å². The van der Waals surface area contributed by atoms with E-state index in [-0.39, 0.29) is 12.0 Å². The van der Waals surface area contributed by atoms with Crippen molar-refractivity contribution in [1.29, 1.82) is 0 Å². The fourth-order valence-corrected chi connectivity index (χ4v) is 1.64. The number of aromatic nitrogens is 4. The molecule has 2 rings (SSSR count). The Balaban J connectivity index is 2.25. The first-order chi connectivity index (χ1) is 8.61. The maximum absolute atomic E-state index is 13.6. The molecule has 1 unspecified atom stereocenters. The number of benzene rings is 1. The van der Waals surface area contributed by atoms with E-state index in [4.69, 9.17) is 5.84 Å². The molecule has 1 atom stereocenters. The predicted octanol–water partition coefficient (Wildman–Crippen LogP) is 0.235. The standard InChI is InChI=1S/C10H12F2N6/c1-18-16-9(15-17-18)5-8(14-13)6-3-2-4-7(11)10(6)12/h2-4,8,14H,5,13H2,1H3. The molecule has 1 heterocycles. The van der Waals surface area contributed by atoms with Crippen LogP contribution >= 0.6 is 0 Å². The minimum Gasteiger partial charge on any atom is -0.271 e. The van der Waals surface area contributed by atoms with Crippen LogP contribution in [0.25, 0.3) is 0 Å². The molecule has 1 aromatic carbocycles. The minimum absolute atomic E-state index is 0.130. The summed E-state index contributed by atoms with van der Waals surface area (Å²) in [7, 11) is 1.62. The second kappa shape index (κ2) is 5.15. The van der Waals surface area contributed by atoms with Gasteiger partial charge in [0.05, 0.1) is 13.1 Å². The van der Waals surface area contributed by atoms with Gasteiger partial charge < -0.3 is 0 Å². The van der Waals surface area contributed by atoms with Gasteiger partial charge in [-0.1, -0.05) is 12.1 Å². The molecule has 0 fully saturated rings. The molecule has 0 saturated carbocycles. The Hall–Kier alpha value is -1.93. The van der Waals surface area contributed by atoms with Gasteiger partial charge >= 0.3 is 0 Å². The van der Waals surface area contributed by atoms with Crippen molar-refractivity contribution in [3.63, 3.8) is 0 Å². The van der Waals surface area contributed by atoms with Gasteiger partial charge in [-0.2, -0.15) is 4.80 Å². The van der Waals surface area contributed by atoms with Crippen LogP contribution in [0.3, 0.4) is 0 Å². The molecular formula is C10H12F2N6. The van der Waals surface area contributed by atoms with Crippen molar-refractivity contribution in [3.8, 4) is 0 Å². The molecule has 3 N–H and O–H groups in total. The average molecular weight is 254 g/mol. The molecular weight excluding hydrogens is 242 g/mol. The number of rotatable bonds is 4. The molecule has 6 nitrogen and oxygen atoms in total. The number of halogens is 2. The van der Waals surface area contributed by atoms with E-state index in [1.54, 1.807) is 7.05 Å². The Labute approximate surface area is 102 Å². The second-order valence-corrected chi connectivity index (χ2v) is 3.76. The van der Waals surface area contributed by atoms with Gasteiger partial charge in [-0.05, 0) is 11.3 Å². The molecule has 2 aromatic rings. The summed E-state index contributed by atoms with van der Waals surface area (Å²) in [6.45, 7) is 0. The molecule has 0 aliphatic heterocycles. The van der Waals surface area contributed by atoms with Crippen molar-refractivity contribution < 1.29 is 8.78 Å². The van der Waals surface area contributed by atoms with E-state index in [0.29, 0.717) is 5.82 Å². The van der Waals surface area contributed by atoms with E-state index in [2.05, 4.69) is 20.8 Å². The van der Waals surface area contributed by atoms with Crippen LogP contribution in [-0.4, -0.2) is 20.2 Å². The van der Waals surface area contributed by atoms with Crippen LogP contribution in [0.15, 0.2) is 18.2 Å². The van der Waals surface area contributed by atoms with Crippen LogP contribution < -0.4 is 11.3 Å². The van der Waals surface area contributed by atoms with Crippen LogP contribution in [0.5, 0.6) is 0 Å². The van der Waals surface area contributed by atoms with Crippen LogP contribution in [0, 0.1) is 11.6 Å². The highest BCUT2D eigenvalue weighted by atomic mass is 19.2. The molecule has 0 spiro atoms. The smallest absolute Gasteiger partial charge is 0.176 e.